The maximum Gasteiger partial charge on any atom is 0.240 e. The zero-order valence-electron chi connectivity index (χ0n) is 13.4. The van der Waals surface area contributed by atoms with Crippen LogP contribution in [0.15, 0.2) is 35.4 Å². The van der Waals surface area contributed by atoms with Crippen LogP contribution in [0.5, 0.6) is 5.75 Å². The molecule has 1 aromatic carbocycles. The average molecular weight is 385 g/mol. The number of nitrogens with zero attached hydrogens (tertiary/aromatic N) is 1. The zero-order valence-corrected chi connectivity index (χ0v) is 15.8. The summed E-state index contributed by atoms with van der Waals surface area (Å²) >= 11 is 13.5. The molecule has 0 unspecified atom stereocenters. The van der Waals surface area contributed by atoms with Gasteiger partial charge < -0.3 is 4.74 Å². The van der Waals surface area contributed by atoms with Crippen LogP contribution in [0.3, 0.4) is 0 Å². The third-order valence-electron chi connectivity index (χ3n) is 3.14. The minimum absolute atomic E-state index is 0.145. The lowest BCUT2D eigenvalue weighted by atomic mass is 10.3. The number of ether oxygens (including phenoxy) is 1. The van der Waals surface area contributed by atoms with Crippen molar-refractivity contribution in [1.29, 1.82) is 0 Å². The van der Waals surface area contributed by atoms with Crippen molar-refractivity contribution in [3.8, 4) is 5.75 Å². The van der Waals surface area contributed by atoms with Crippen molar-refractivity contribution in [2.24, 2.45) is 5.10 Å². The SMILES string of the molecule is CC(=NNC(=O)CCCOc1ccc(Cl)cc1Cl)c1ccc(C)s1. The van der Waals surface area contributed by atoms with Gasteiger partial charge in [0.25, 0.3) is 0 Å². The summed E-state index contributed by atoms with van der Waals surface area (Å²) < 4.78 is 5.54. The van der Waals surface area contributed by atoms with Gasteiger partial charge in [0.1, 0.15) is 5.75 Å². The summed E-state index contributed by atoms with van der Waals surface area (Å²) in [5.41, 5.74) is 3.36. The lowest BCUT2D eigenvalue weighted by Crippen LogP contribution is -2.19. The first kappa shape index (κ1) is 18.8. The fraction of sp³-hybridized carbons (Fsp3) is 0.294. The number of hydrogen-bond acceptors (Lipinski definition) is 4. The summed E-state index contributed by atoms with van der Waals surface area (Å²) in [6, 6.07) is 9.06. The fourth-order valence-electron chi connectivity index (χ4n) is 1.89. The Kier molecular flexibility index (Phi) is 7.09. The molecule has 0 saturated carbocycles. The number of aryl methyl sites for hydroxylation is 1. The summed E-state index contributed by atoms with van der Waals surface area (Å²) in [4.78, 5) is 14.1. The Balaban J connectivity index is 1.71. The minimum Gasteiger partial charge on any atom is -0.492 e. The number of amides is 1. The van der Waals surface area contributed by atoms with Crippen molar-refractivity contribution in [2.45, 2.75) is 26.7 Å². The Morgan fingerprint density at radius 3 is 2.75 bits per heavy atom. The van der Waals surface area contributed by atoms with E-state index in [9.17, 15) is 4.79 Å². The molecule has 4 nitrogen and oxygen atoms in total. The van der Waals surface area contributed by atoms with E-state index < -0.39 is 0 Å². The van der Waals surface area contributed by atoms with Crippen LogP contribution in [-0.4, -0.2) is 18.2 Å². The van der Waals surface area contributed by atoms with E-state index in [1.165, 1.54) is 4.88 Å². The molecular formula is C17H18Cl2N2O2S. The first-order valence-corrected chi connectivity index (χ1v) is 9.01. The number of nitrogens with one attached hydrogen (secondary N) is 1. The van der Waals surface area contributed by atoms with Gasteiger partial charge in [-0.25, -0.2) is 5.43 Å². The van der Waals surface area contributed by atoms with E-state index in [1.807, 2.05) is 26.0 Å². The third-order valence-corrected chi connectivity index (χ3v) is 4.78. The van der Waals surface area contributed by atoms with Crippen molar-refractivity contribution in [1.82, 2.24) is 5.43 Å². The smallest absolute Gasteiger partial charge is 0.240 e. The Hall–Kier alpha value is -1.56. The Labute approximate surface area is 155 Å². The monoisotopic (exact) mass is 384 g/mol. The first-order chi connectivity index (χ1) is 11.5. The van der Waals surface area contributed by atoms with Crippen molar-refractivity contribution < 1.29 is 9.53 Å². The Morgan fingerprint density at radius 2 is 2.08 bits per heavy atom. The summed E-state index contributed by atoms with van der Waals surface area (Å²) in [7, 11) is 0. The van der Waals surface area contributed by atoms with E-state index in [-0.39, 0.29) is 5.91 Å². The van der Waals surface area contributed by atoms with E-state index >= 15 is 0 Å². The van der Waals surface area contributed by atoms with Gasteiger partial charge in [-0.05, 0) is 50.6 Å². The lowest BCUT2D eigenvalue weighted by Gasteiger charge is -2.07. The predicted octanol–water partition coefficient (Wildman–Crippen LogP) is 5.06. The number of rotatable bonds is 7. The number of hydrogen-bond donors (Lipinski definition) is 1. The maximum absolute atomic E-state index is 11.8. The molecule has 1 aromatic heterocycles. The summed E-state index contributed by atoms with van der Waals surface area (Å²) in [6.45, 7) is 4.30. The van der Waals surface area contributed by atoms with Gasteiger partial charge in [0.2, 0.25) is 5.91 Å². The highest BCUT2D eigenvalue weighted by Gasteiger charge is 2.05. The molecule has 2 aromatic rings. The Morgan fingerprint density at radius 1 is 1.29 bits per heavy atom. The number of hydrazone groups is 1. The summed E-state index contributed by atoms with van der Waals surface area (Å²) in [6.07, 6.45) is 0.892. The molecule has 0 aliphatic rings. The van der Waals surface area contributed by atoms with Crippen LogP contribution in [-0.2, 0) is 4.79 Å². The Bertz CT molecular complexity index is 744. The second-order valence-electron chi connectivity index (χ2n) is 5.17. The molecule has 1 heterocycles. The normalized spacial score (nSPS) is 11.4. The molecule has 24 heavy (non-hydrogen) atoms. The van der Waals surface area contributed by atoms with Gasteiger partial charge in [-0.3, -0.25) is 4.79 Å². The highest BCUT2D eigenvalue weighted by molar-refractivity contribution is 7.14. The van der Waals surface area contributed by atoms with Crippen molar-refractivity contribution in [3.05, 3.63) is 50.1 Å². The standard InChI is InChI=1S/C17H18Cl2N2O2S/c1-11-5-8-16(24-11)12(2)20-21-17(22)4-3-9-23-15-7-6-13(18)10-14(15)19/h5-8,10H,3-4,9H2,1-2H3,(H,21,22). The number of halogens is 2. The van der Waals surface area contributed by atoms with Crippen molar-refractivity contribution in [2.75, 3.05) is 6.61 Å². The highest BCUT2D eigenvalue weighted by atomic mass is 35.5. The first-order valence-electron chi connectivity index (χ1n) is 7.43. The largest absolute Gasteiger partial charge is 0.492 e. The predicted molar refractivity (Wildman–Crippen MR) is 101 cm³/mol. The van der Waals surface area contributed by atoms with Crippen LogP contribution < -0.4 is 10.2 Å². The summed E-state index contributed by atoms with van der Waals surface area (Å²) in [5, 5.41) is 5.13. The molecule has 128 valence electrons. The van der Waals surface area contributed by atoms with E-state index in [1.54, 1.807) is 29.5 Å². The van der Waals surface area contributed by atoms with Crippen LogP contribution >= 0.6 is 34.5 Å². The van der Waals surface area contributed by atoms with Gasteiger partial charge >= 0.3 is 0 Å². The molecule has 0 atom stereocenters. The van der Waals surface area contributed by atoms with Gasteiger partial charge in [-0.2, -0.15) is 5.10 Å². The summed E-state index contributed by atoms with van der Waals surface area (Å²) in [5.74, 6) is 0.414. The molecule has 0 saturated heterocycles. The van der Waals surface area contributed by atoms with Crippen molar-refractivity contribution in [3.63, 3.8) is 0 Å². The molecule has 0 radical (unpaired) electrons. The molecule has 0 aliphatic carbocycles. The van der Waals surface area contributed by atoms with E-state index in [4.69, 9.17) is 27.9 Å². The topological polar surface area (TPSA) is 50.7 Å². The fourth-order valence-corrected chi connectivity index (χ4v) is 3.17. The van der Waals surface area contributed by atoms with Gasteiger partial charge in [-0.1, -0.05) is 23.2 Å². The molecule has 1 amide bonds. The molecular weight excluding hydrogens is 367 g/mol. The van der Waals surface area contributed by atoms with Crippen LogP contribution in [0.1, 0.15) is 29.5 Å². The number of carbonyl (C=O) groups is 1. The number of carbonyl (C=O) groups excluding carboxylic acids is 1. The van der Waals surface area contributed by atoms with Gasteiger partial charge in [0.15, 0.2) is 0 Å². The quantitative estimate of drug-likeness (QED) is 0.411. The second-order valence-corrected chi connectivity index (χ2v) is 7.30. The van der Waals surface area contributed by atoms with E-state index in [0.29, 0.717) is 35.2 Å². The van der Waals surface area contributed by atoms with Crippen molar-refractivity contribution >= 4 is 46.2 Å². The maximum atomic E-state index is 11.8. The molecule has 0 spiro atoms. The molecule has 1 N–H and O–H groups in total. The van der Waals surface area contributed by atoms with Crippen LogP contribution in [0.2, 0.25) is 10.0 Å². The third kappa shape index (κ3) is 5.82. The van der Waals surface area contributed by atoms with E-state index in [0.717, 1.165) is 10.6 Å². The molecule has 0 bridgehead atoms. The van der Waals surface area contributed by atoms with Crippen LogP contribution in [0, 0.1) is 6.92 Å². The number of benzene rings is 1. The molecule has 0 aliphatic heterocycles. The van der Waals surface area contributed by atoms with Gasteiger partial charge in [0.05, 0.1) is 22.2 Å². The van der Waals surface area contributed by atoms with Crippen LogP contribution in [0.25, 0.3) is 0 Å². The molecule has 7 heteroatoms. The van der Waals surface area contributed by atoms with Crippen LogP contribution in [0.4, 0.5) is 0 Å². The second kappa shape index (κ2) is 9.06. The average Bonchev–Trinajstić information content (AvgIpc) is 2.97. The number of thiophene rings is 1. The van der Waals surface area contributed by atoms with Gasteiger partial charge in [0, 0.05) is 16.3 Å². The van der Waals surface area contributed by atoms with E-state index in [2.05, 4.69) is 10.5 Å². The molecule has 2 rings (SSSR count). The zero-order chi connectivity index (χ0) is 17.5. The lowest BCUT2D eigenvalue weighted by molar-refractivity contribution is -0.121. The van der Waals surface area contributed by atoms with Gasteiger partial charge in [-0.15, -0.1) is 11.3 Å². The molecule has 0 fully saturated rings. The highest BCUT2D eigenvalue weighted by Crippen LogP contribution is 2.27. The minimum atomic E-state index is -0.145.